The highest BCUT2D eigenvalue weighted by Crippen LogP contribution is 2.33. The van der Waals surface area contributed by atoms with Crippen molar-refractivity contribution in [3.05, 3.63) is 59.4 Å². The van der Waals surface area contributed by atoms with E-state index in [0.717, 1.165) is 41.9 Å². The van der Waals surface area contributed by atoms with Gasteiger partial charge in [-0.2, -0.15) is 4.31 Å². The molecule has 1 aromatic heterocycles. The van der Waals surface area contributed by atoms with Gasteiger partial charge in [-0.1, -0.05) is 24.3 Å². The molecule has 2 aliphatic rings. The number of aryl methyl sites for hydroxylation is 1. The quantitative estimate of drug-likeness (QED) is 0.848. The Labute approximate surface area is 149 Å². The summed E-state index contributed by atoms with van der Waals surface area (Å²) in [6, 6.07) is 12.0. The molecular weight excluding hydrogens is 334 g/mol. The van der Waals surface area contributed by atoms with Crippen LogP contribution in [0.4, 0.5) is 5.69 Å². The third-order valence-electron chi connectivity index (χ3n) is 5.29. The second-order valence-electron chi connectivity index (χ2n) is 6.93. The summed E-state index contributed by atoms with van der Waals surface area (Å²) in [4.78, 5) is 6.82. The Morgan fingerprint density at radius 1 is 1.20 bits per heavy atom. The Hall–Kier alpha value is -1.92. The summed E-state index contributed by atoms with van der Waals surface area (Å²) >= 11 is 0. The lowest BCUT2D eigenvalue weighted by atomic mass is 10.1. The first-order chi connectivity index (χ1) is 12.0. The van der Waals surface area contributed by atoms with Crippen molar-refractivity contribution in [1.82, 2.24) is 9.29 Å². The zero-order valence-electron chi connectivity index (χ0n) is 14.4. The van der Waals surface area contributed by atoms with E-state index in [1.165, 1.54) is 0 Å². The van der Waals surface area contributed by atoms with Crippen LogP contribution in [0.5, 0.6) is 0 Å². The lowest BCUT2D eigenvalue weighted by Gasteiger charge is -2.27. The van der Waals surface area contributed by atoms with Crippen LogP contribution in [0.2, 0.25) is 0 Å². The monoisotopic (exact) mass is 357 g/mol. The fourth-order valence-corrected chi connectivity index (χ4v) is 5.51. The number of pyridine rings is 1. The van der Waals surface area contributed by atoms with E-state index in [-0.39, 0.29) is 11.8 Å². The number of aromatic nitrogens is 1. The molecule has 0 N–H and O–H groups in total. The normalized spacial score (nSPS) is 20.8. The first-order valence-electron chi connectivity index (χ1n) is 8.77. The van der Waals surface area contributed by atoms with Gasteiger partial charge in [0.15, 0.2) is 0 Å². The third-order valence-corrected chi connectivity index (χ3v) is 7.03. The minimum atomic E-state index is -3.40. The number of sulfonamides is 1. The van der Waals surface area contributed by atoms with Crippen molar-refractivity contribution < 1.29 is 8.42 Å². The summed E-state index contributed by atoms with van der Waals surface area (Å²) in [5.74, 6) is 0.0502. The third kappa shape index (κ3) is 3.16. The number of hydrogen-bond donors (Lipinski definition) is 0. The molecule has 0 bridgehead atoms. The van der Waals surface area contributed by atoms with Crippen molar-refractivity contribution in [2.45, 2.75) is 38.1 Å². The van der Waals surface area contributed by atoms with Gasteiger partial charge in [-0.05, 0) is 43.0 Å². The number of rotatable bonds is 3. The predicted octanol–water partition coefficient (Wildman–Crippen LogP) is 2.70. The fourth-order valence-electron chi connectivity index (χ4n) is 3.89. The minimum Gasteiger partial charge on any atom is -0.366 e. The predicted molar refractivity (Wildman–Crippen MR) is 98.8 cm³/mol. The van der Waals surface area contributed by atoms with Gasteiger partial charge in [0.1, 0.15) is 0 Å². The molecule has 0 radical (unpaired) electrons. The molecule has 0 saturated carbocycles. The van der Waals surface area contributed by atoms with Gasteiger partial charge in [0.2, 0.25) is 10.0 Å². The molecule has 1 saturated heterocycles. The molecule has 5 nitrogen and oxygen atoms in total. The largest absolute Gasteiger partial charge is 0.366 e. The molecule has 1 atom stereocenters. The average molecular weight is 357 g/mol. The van der Waals surface area contributed by atoms with Crippen LogP contribution in [0.25, 0.3) is 0 Å². The standard InChI is InChI=1S/C19H23N3O2S/c1-15-6-2-3-7-16(15)14-25(23,24)21-12-17-8-5-11-22(17)19-9-4-10-20-18(19)13-21/h2-4,6-7,9-10,17H,5,8,11-14H2,1H3/t17-/m0/s1. The summed E-state index contributed by atoms with van der Waals surface area (Å²) in [7, 11) is -3.40. The van der Waals surface area contributed by atoms with E-state index in [4.69, 9.17) is 0 Å². The fraction of sp³-hybridized carbons (Fsp3) is 0.421. The molecule has 1 fully saturated rings. The molecule has 0 unspecified atom stereocenters. The Morgan fingerprint density at radius 3 is 2.88 bits per heavy atom. The highest BCUT2D eigenvalue weighted by atomic mass is 32.2. The van der Waals surface area contributed by atoms with Crippen LogP contribution < -0.4 is 4.90 Å². The molecule has 1 aromatic carbocycles. The molecule has 4 rings (SSSR count). The summed E-state index contributed by atoms with van der Waals surface area (Å²) in [5, 5.41) is 0. The molecule has 2 aliphatic heterocycles. The van der Waals surface area contributed by atoms with Crippen molar-refractivity contribution in [2.24, 2.45) is 0 Å². The molecule has 132 valence electrons. The highest BCUT2D eigenvalue weighted by Gasteiger charge is 2.36. The molecule has 6 heteroatoms. The van der Waals surface area contributed by atoms with E-state index in [1.54, 1.807) is 10.5 Å². The van der Waals surface area contributed by atoms with Crippen LogP contribution in [-0.2, 0) is 22.3 Å². The highest BCUT2D eigenvalue weighted by molar-refractivity contribution is 7.88. The van der Waals surface area contributed by atoms with Gasteiger partial charge in [-0.15, -0.1) is 0 Å². The van der Waals surface area contributed by atoms with Crippen LogP contribution >= 0.6 is 0 Å². The maximum atomic E-state index is 13.1. The Kier molecular flexibility index (Phi) is 4.25. The van der Waals surface area contributed by atoms with E-state index < -0.39 is 10.0 Å². The topological polar surface area (TPSA) is 53.5 Å². The number of hydrogen-bond acceptors (Lipinski definition) is 4. The van der Waals surface area contributed by atoms with Gasteiger partial charge in [-0.3, -0.25) is 4.98 Å². The Morgan fingerprint density at radius 2 is 2.04 bits per heavy atom. The summed E-state index contributed by atoms with van der Waals surface area (Å²) in [6.45, 7) is 3.85. The van der Waals surface area contributed by atoms with E-state index in [1.807, 2.05) is 37.3 Å². The van der Waals surface area contributed by atoms with Gasteiger partial charge in [0.25, 0.3) is 0 Å². The molecule has 25 heavy (non-hydrogen) atoms. The molecule has 0 aliphatic carbocycles. The number of benzene rings is 1. The number of nitrogens with zero attached hydrogens (tertiary/aromatic N) is 3. The maximum absolute atomic E-state index is 13.1. The van der Waals surface area contributed by atoms with E-state index in [2.05, 4.69) is 16.0 Å². The molecular formula is C19H23N3O2S. The van der Waals surface area contributed by atoms with Crippen LogP contribution in [0.15, 0.2) is 42.6 Å². The van der Waals surface area contributed by atoms with E-state index in [0.29, 0.717) is 13.1 Å². The summed E-state index contributed by atoms with van der Waals surface area (Å²) in [6.07, 6.45) is 3.89. The summed E-state index contributed by atoms with van der Waals surface area (Å²) < 4.78 is 27.9. The first-order valence-corrected chi connectivity index (χ1v) is 10.4. The second kappa shape index (κ2) is 6.42. The van der Waals surface area contributed by atoms with Gasteiger partial charge in [-0.25, -0.2) is 8.42 Å². The van der Waals surface area contributed by atoms with Crippen molar-refractivity contribution in [3.8, 4) is 0 Å². The van der Waals surface area contributed by atoms with Crippen LogP contribution in [0, 0.1) is 6.92 Å². The molecule has 0 amide bonds. The molecule has 3 heterocycles. The van der Waals surface area contributed by atoms with Crippen molar-refractivity contribution in [1.29, 1.82) is 0 Å². The van der Waals surface area contributed by atoms with Gasteiger partial charge < -0.3 is 4.90 Å². The van der Waals surface area contributed by atoms with Crippen molar-refractivity contribution in [2.75, 3.05) is 18.0 Å². The van der Waals surface area contributed by atoms with E-state index >= 15 is 0 Å². The van der Waals surface area contributed by atoms with E-state index in [9.17, 15) is 8.42 Å². The zero-order valence-corrected chi connectivity index (χ0v) is 15.2. The lowest BCUT2D eigenvalue weighted by molar-refractivity contribution is 0.384. The maximum Gasteiger partial charge on any atom is 0.218 e. The van der Waals surface area contributed by atoms with Crippen LogP contribution in [0.1, 0.15) is 29.7 Å². The van der Waals surface area contributed by atoms with Crippen molar-refractivity contribution in [3.63, 3.8) is 0 Å². The average Bonchev–Trinajstić information content (AvgIpc) is 2.98. The molecule has 0 spiro atoms. The SMILES string of the molecule is Cc1ccccc1CS(=O)(=O)N1Cc2ncccc2N2CCC[C@H]2C1. The van der Waals surface area contributed by atoms with Gasteiger partial charge >= 0.3 is 0 Å². The number of fused-ring (bicyclic) bond motifs is 3. The zero-order chi connectivity index (χ0) is 17.4. The Balaban J connectivity index is 1.67. The second-order valence-corrected chi connectivity index (χ2v) is 8.90. The minimum absolute atomic E-state index is 0.0502. The first kappa shape index (κ1) is 16.5. The summed E-state index contributed by atoms with van der Waals surface area (Å²) in [5.41, 5.74) is 3.84. The smallest absolute Gasteiger partial charge is 0.218 e. The molecule has 2 aromatic rings. The van der Waals surface area contributed by atoms with Gasteiger partial charge in [0.05, 0.1) is 23.7 Å². The lowest BCUT2D eigenvalue weighted by Crippen LogP contribution is -2.40. The number of anilines is 1. The Bertz CT molecular complexity index is 882. The van der Waals surface area contributed by atoms with Crippen LogP contribution in [0.3, 0.4) is 0 Å². The van der Waals surface area contributed by atoms with Crippen molar-refractivity contribution >= 4 is 15.7 Å². The van der Waals surface area contributed by atoms with Crippen LogP contribution in [-0.4, -0.2) is 36.8 Å². The van der Waals surface area contributed by atoms with Gasteiger partial charge in [0, 0.05) is 25.3 Å².